The van der Waals surface area contributed by atoms with Gasteiger partial charge in [0.05, 0.1) is 0 Å². The maximum Gasteiger partial charge on any atom is 0.246 e. The normalized spacial score (nSPS) is 15.4. The maximum atomic E-state index is 13.9. The third-order valence-corrected chi connectivity index (χ3v) is 7.72. The van der Waals surface area contributed by atoms with Crippen LogP contribution in [0.2, 0.25) is 0 Å². The van der Waals surface area contributed by atoms with Crippen LogP contribution in [0.4, 0.5) is 4.39 Å². The lowest BCUT2D eigenvalue weighted by Gasteiger charge is -2.35. The van der Waals surface area contributed by atoms with Gasteiger partial charge in [0.1, 0.15) is 10.7 Å². The molecule has 0 radical (unpaired) electrons. The number of thioether (sulfide) groups is 1. The van der Waals surface area contributed by atoms with Crippen LogP contribution in [-0.4, -0.2) is 61.2 Å². The minimum Gasteiger partial charge on any atom is -0.362 e. The van der Waals surface area contributed by atoms with Gasteiger partial charge in [-0.25, -0.2) is 12.8 Å². The molecule has 0 unspecified atom stereocenters. The molecule has 0 aromatic heterocycles. The van der Waals surface area contributed by atoms with Crippen molar-refractivity contribution in [3.63, 3.8) is 0 Å². The molecule has 0 aliphatic carbocycles. The van der Waals surface area contributed by atoms with E-state index in [0.29, 0.717) is 18.2 Å². The fourth-order valence-electron chi connectivity index (χ4n) is 2.88. The summed E-state index contributed by atoms with van der Waals surface area (Å²) >= 11 is 7.18. The third-order valence-electron chi connectivity index (χ3n) is 4.37. The van der Waals surface area contributed by atoms with Crippen molar-refractivity contribution in [2.75, 3.05) is 38.5 Å². The molecule has 1 N–H and O–H groups in total. The summed E-state index contributed by atoms with van der Waals surface area (Å²) in [7, 11) is -3.83. The zero-order valence-electron chi connectivity index (χ0n) is 15.3. The number of piperazine rings is 1. The molecule has 28 heavy (non-hydrogen) atoms. The Bertz CT molecular complexity index is 902. The van der Waals surface area contributed by atoms with E-state index in [9.17, 15) is 12.8 Å². The lowest BCUT2D eigenvalue weighted by molar-refractivity contribution is 0.263. The van der Waals surface area contributed by atoms with Gasteiger partial charge >= 0.3 is 0 Å². The van der Waals surface area contributed by atoms with Crippen molar-refractivity contribution in [3.8, 4) is 0 Å². The van der Waals surface area contributed by atoms with Crippen LogP contribution < -0.4 is 5.32 Å². The standard InChI is InChI=1S/C19H22FN3O2S3/c20-17-8-4-5-9-18(17)28(24,25)23-13-11-22(12-14-23)19(26)21-10-15-27-16-6-2-1-3-7-16/h1-9H,10-15H2,(H,21,26). The smallest absolute Gasteiger partial charge is 0.246 e. The van der Waals surface area contributed by atoms with Crippen molar-refractivity contribution >= 4 is 39.1 Å². The molecular weight excluding hydrogens is 417 g/mol. The van der Waals surface area contributed by atoms with E-state index < -0.39 is 15.8 Å². The maximum absolute atomic E-state index is 13.9. The van der Waals surface area contributed by atoms with Gasteiger partial charge in [0.15, 0.2) is 5.11 Å². The highest BCUT2D eigenvalue weighted by Gasteiger charge is 2.30. The Morgan fingerprint density at radius 3 is 2.36 bits per heavy atom. The molecular formula is C19H22FN3O2S3. The van der Waals surface area contributed by atoms with Crippen LogP contribution in [0.1, 0.15) is 0 Å². The fraction of sp³-hybridized carbons (Fsp3) is 0.316. The van der Waals surface area contributed by atoms with Crippen molar-refractivity contribution < 1.29 is 12.8 Å². The zero-order chi connectivity index (χ0) is 20.0. The molecule has 0 saturated carbocycles. The SMILES string of the molecule is O=S(=O)(c1ccccc1F)N1CCN(C(=S)NCCSc2ccccc2)CC1. The second-order valence-electron chi connectivity index (χ2n) is 6.21. The first-order chi connectivity index (χ1) is 13.5. The number of hydrogen-bond donors (Lipinski definition) is 1. The van der Waals surface area contributed by atoms with Gasteiger partial charge < -0.3 is 10.2 Å². The summed E-state index contributed by atoms with van der Waals surface area (Å²) in [5.74, 6) is 0.157. The van der Waals surface area contributed by atoms with Gasteiger partial charge in [-0.3, -0.25) is 0 Å². The van der Waals surface area contributed by atoms with E-state index in [-0.39, 0.29) is 18.0 Å². The summed E-state index contributed by atoms with van der Waals surface area (Å²) in [6.07, 6.45) is 0. The van der Waals surface area contributed by atoms with Crippen LogP contribution in [0.25, 0.3) is 0 Å². The average Bonchev–Trinajstić information content (AvgIpc) is 2.72. The lowest BCUT2D eigenvalue weighted by Crippen LogP contribution is -2.53. The van der Waals surface area contributed by atoms with Gasteiger partial charge in [0.2, 0.25) is 10.0 Å². The van der Waals surface area contributed by atoms with Crippen LogP contribution in [0, 0.1) is 5.82 Å². The summed E-state index contributed by atoms with van der Waals surface area (Å²) in [5.41, 5.74) is 0. The molecule has 2 aromatic rings. The molecule has 1 fully saturated rings. The second kappa shape index (κ2) is 9.69. The first kappa shape index (κ1) is 21.0. The minimum absolute atomic E-state index is 0.275. The van der Waals surface area contributed by atoms with E-state index in [1.165, 1.54) is 27.4 Å². The monoisotopic (exact) mass is 439 g/mol. The molecule has 150 valence electrons. The van der Waals surface area contributed by atoms with E-state index >= 15 is 0 Å². The molecule has 0 bridgehead atoms. The Labute approximate surface area is 175 Å². The first-order valence-corrected chi connectivity index (χ1v) is 11.8. The number of thiocarbonyl (C=S) groups is 1. The molecule has 9 heteroatoms. The molecule has 1 aliphatic rings. The van der Waals surface area contributed by atoms with E-state index in [0.717, 1.165) is 18.4 Å². The number of halogens is 1. The third kappa shape index (κ3) is 5.22. The molecule has 5 nitrogen and oxygen atoms in total. The summed E-state index contributed by atoms with van der Waals surface area (Å²) in [4.78, 5) is 2.89. The predicted molar refractivity (Wildman–Crippen MR) is 114 cm³/mol. The topological polar surface area (TPSA) is 52.7 Å². The molecule has 1 saturated heterocycles. The molecule has 0 spiro atoms. The Balaban J connectivity index is 1.45. The van der Waals surface area contributed by atoms with Crippen LogP contribution in [0.5, 0.6) is 0 Å². The van der Waals surface area contributed by atoms with Gasteiger partial charge in [0.25, 0.3) is 0 Å². The Kier molecular flexibility index (Phi) is 7.28. The van der Waals surface area contributed by atoms with E-state index in [1.54, 1.807) is 11.8 Å². The molecule has 0 amide bonds. The first-order valence-electron chi connectivity index (χ1n) is 8.94. The highest BCUT2D eigenvalue weighted by atomic mass is 32.2. The predicted octanol–water partition coefficient (Wildman–Crippen LogP) is 2.80. The van der Waals surface area contributed by atoms with Crippen molar-refractivity contribution in [3.05, 3.63) is 60.4 Å². The number of benzene rings is 2. The van der Waals surface area contributed by atoms with E-state index in [1.807, 2.05) is 23.1 Å². The van der Waals surface area contributed by atoms with Gasteiger partial charge in [0, 0.05) is 43.4 Å². The summed E-state index contributed by atoms with van der Waals surface area (Å²) < 4.78 is 40.5. The number of nitrogens with zero attached hydrogens (tertiary/aromatic N) is 2. The number of hydrogen-bond acceptors (Lipinski definition) is 4. The minimum atomic E-state index is -3.83. The Morgan fingerprint density at radius 2 is 1.68 bits per heavy atom. The van der Waals surface area contributed by atoms with E-state index in [2.05, 4.69) is 17.4 Å². The van der Waals surface area contributed by atoms with Crippen LogP contribution >= 0.6 is 24.0 Å². The second-order valence-corrected chi connectivity index (χ2v) is 9.68. The van der Waals surface area contributed by atoms with Gasteiger partial charge in [-0.2, -0.15) is 4.31 Å². The highest BCUT2D eigenvalue weighted by molar-refractivity contribution is 7.99. The molecule has 2 aromatic carbocycles. The van der Waals surface area contributed by atoms with Crippen LogP contribution in [-0.2, 0) is 10.0 Å². The Morgan fingerprint density at radius 1 is 1.04 bits per heavy atom. The van der Waals surface area contributed by atoms with Gasteiger partial charge in [-0.1, -0.05) is 30.3 Å². The highest BCUT2D eigenvalue weighted by Crippen LogP contribution is 2.20. The molecule has 1 heterocycles. The summed E-state index contributed by atoms with van der Waals surface area (Å²) in [5, 5.41) is 3.85. The van der Waals surface area contributed by atoms with Crippen molar-refractivity contribution in [2.45, 2.75) is 9.79 Å². The molecule has 3 rings (SSSR count). The van der Waals surface area contributed by atoms with Gasteiger partial charge in [-0.15, -0.1) is 11.8 Å². The van der Waals surface area contributed by atoms with Crippen molar-refractivity contribution in [2.24, 2.45) is 0 Å². The fourth-order valence-corrected chi connectivity index (χ4v) is 5.44. The number of rotatable bonds is 6. The molecule has 0 atom stereocenters. The molecule has 1 aliphatic heterocycles. The lowest BCUT2D eigenvalue weighted by atomic mass is 10.3. The summed E-state index contributed by atoms with van der Waals surface area (Å²) in [6.45, 7) is 2.23. The van der Waals surface area contributed by atoms with E-state index in [4.69, 9.17) is 12.2 Å². The van der Waals surface area contributed by atoms with Crippen molar-refractivity contribution in [1.82, 2.24) is 14.5 Å². The van der Waals surface area contributed by atoms with Crippen LogP contribution in [0.3, 0.4) is 0 Å². The van der Waals surface area contributed by atoms with Crippen LogP contribution in [0.15, 0.2) is 64.4 Å². The van der Waals surface area contributed by atoms with Gasteiger partial charge in [-0.05, 0) is 36.5 Å². The quantitative estimate of drug-likeness (QED) is 0.424. The zero-order valence-corrected chi connectivity index (χ0v) is 17.7. The number of nitrogens with one attached hydrogen (secondary N) is 1. The van der Waals surface area contributed by atoms with Crippen molar-refractivity contribution in [1.29, 1.82) is 0 Å². The number of sulfonamides is 1. The summed E-state index contributed by atoms with van der Waals surface area (Å²) in [6, 6.07) is 15.6. The largest absolute Gasteiger partial charge is 0.362 e. The Hall–Kier alpha value is -1.68. The average molecular weight is 440 g/mol.